The molecule has 0 heterocycles. The first kappa shape index (κ1) is 16.9. The van der Waals surface area contributed by atoms with Gasteiger partial charge >= 0.3 is 0 Å². The van der Waals surface area contributed by atoms with Crippen LogP contribution in [-0.2, 0) is 0 Å². The van der Waals surface area contributed by atoms with Crippen LogP contribution in [0.4, 0.5) is 0 Å². The molecule has 0 atom stereocenters. The zero-order chi connectivity index (χ0) is 22.9. The van der Waals surface area contributed by atoms with E-state index in [2.05, 4.69) is 97.1 Å². The lowest BCUT2D eigenvalue weighted by atomic mass is 9.76. The highest BCUT2D eigenvalue weighted by molar-refractivity contribution is 6.56. The van der Waals surface area contributed by atoms with Gasteiger partial charge in [0.2, 0.25) is 0 Å². The molecule has 0 saturated heterocycles. The fourth-order valence-electron chi connectivity index (χ4n) is 8.18. The number of hydrogen-bond donors (Lipinski definition) is 0. The van der Waals surface area contributed by atoms with Gasteiger partial charge in [-0.1, -0.05) is 84.9 Å². The zero-order valence-corrected chi connectivity index (χ0v) is 19.2. The van der Waals surface area contributed by atoms with Crippen molar-refractivity contribution < 1.29 is 0 Å². The summed E-state index contributed by atoms with van der Waals surface area (Å²) >= 11 is 0. The molecule has 160 valence electrons. The first-order valence-electron chi connectivity index (χ1n) is 12.8. The van der Waals surface area contributed by atoms with Crippen molar-refractivity contribution >= 4 is 108 Å². The molecule has 11 aromatic carbocycles. The largest absolute Gasteiger partial charge is 0.0610 e. The highest BCUT2D eigenvalue weighted by atomic mass is 14.3. The average Bonchev–Trinajstić information content (AvgIpc) is 2.93. The third-order valence-electron chi connectivity index (χ3n) is 9.33. The minimum atomic E-state index is 1.35. The Morgan fingerprint density at radius 1 is 0.222 bits per heavy atom. The first-order chi connectivity index (χ1) is 17.9. The molecule has 11 rings (SSSR count). The van der Waals surface area contributed by atoms with E-state index in [1.807, 2.05) is 0 Å². The molecule has 0 unspecified atom stereocenters. The van der Waals surface area contributed by atoms with Gasteiger partial charge in [-0.3, -0.25) is 0 Å². The van der Waals surface area contributed by atoms with Crippen LogP contribution in [0.15, 0.2) is 97.1 Å². The van der Waals surface area contributed by atoms with Crippen LogP contribution >= 0.6 is 0 Å². The van der Waals surface area contributed by atoms with E-state index in [1.165, 1.54) is 108 Å². The van der Waals surface area contributed by atoms with Gasteiger partial charge in [0.1, 0.15) is 0 Å². The molecule has 0 bridgehead atoms. The summed E-state index contributed by atoms with van der Waals surface area (Å²) in [6.45, 7) is 0. The van der Waals surface area contributed by atoms with E-state index in [0.29, 0.717) is 0 Å². The van der Waals surface area contributed by atoms with Gasteiger partial charge in [-0.25, -0.2) is 0 Å². The summed E-state index contributed by atoms with van der Waals surface area (Å²) < 4.78 is 0. The van der Waals surface area contributed by atoms with Gasteiger partial charge in [0, 0.05) is 0 Å². The molecule has 0 radical (unpaired) electrons. The number of hydrogen-bond acceptors (Lipinski definition) is 0. The second-order valence-corrected chi connectivity index (χ2v) is 10.8. The van der Waals surface area contributed by atoms with Crippen molar-refractivity contribution in [3.8, 4) is 0 Å². The van der Waals surface area contributed by atoms with E-state index >= 15 is 0 Å². The van der Waals surface area contributed by atoms with Crippen molar-refractivity contribution in [1.82, 2.24) is 0 Å². The topological polar surface area (TPSA) is 0 Å². The SMILES string of the molecule is c1cc2cc3ccc4cc5cccc6c7cccc8c9cccc%10c(c1)c2c1c3c4c(c56)c(c78)c1c%109. The molecule has 0 aliphatic heterocycles. The number of benzene rings is 11. The summed E-state index contributed by atoms with van der Waals surface area (Å²) in [5.41, 5.74) is 0. The average molecular weight is 449 g/mol. The van der Waals surface area contributed by atoms with Crippen LogP contribution in [0.3, 0.4) is 0 Å². The smallest absolute Gasteiger partial charge is 0.0000487 e. The van der Waals surface area contributed by atoms with Gasteiger partial charge in [0.05, 0.1) is 0 Å². The van der Waals surface area contributed by atoms with Crippen LogP contribution in [0.1, 0.15) is 0 Å². The molecular weight excluding hydrogens is 432 g/mol. The predicted molar refractivity (Wildman–Crippen MR) is 157 cm³/mol. The lowest BCUT2D eigenvalue weighted by Gasteiger charge is -2.26. The van der Waals surface area contributed by atoms with Crippen LogP contribution in [0.2, 0.25) is 0 Å². The minimum absolute atomic E-state index is 1.35. The van der Waals surface area contributed by atoms with E-state index in [-0.39, 0.29) is 0 Å². The van der Waals surface area contributed by atoms with E-state index in [4.69, 9.17) is 0 Å². The molecule has 11 aromatic rings. The Balaban J connectivity index is 1.75. The summed E-state index contributed by atoms with van der Waals surface area (Å²) in [4.78, 5) is 0. The Morgan fingerprint density at radius 3 is 0.944 bits per heavy atom. The van der Waals surface area contributed by atoms with Crippen LogP contribution in [-0.4, -0.2) is 0 Å². The third-order valence-corrected chi connectivity index (χ3v) is 9.33. The van der Waals surface area contributed by atoms with E-state index in [1.54, 1.807) is 0 Å². The third kappa shape index (κ3) is 1.52. The standard InChI is InChI=1S/C36H16/c1-5-17-15-19-13-14-20-16-18-6-2-8-22-24-10-4-12-26-25-11-3-9-23-21(7-1)27(17)33-29(19)30(20)34(28(18)22)36(32(24)26)35(33)31(23)25/h1-16H. The van der Waals surface area contributed by atoms with Gasteiger partial charge in [0.25, 0.3) is 0 Å². The Kier molecular flexibility index (Phi) is 2.40. The highest BCUT2D eigenvalue weighted by Crippen LogP contribution is 2.56. The predicted octanol–water partition coefficient (Wildman–Crippen LogP) is 10.4. The summed E-state index contributed by atoms with van der Waals surface area (Å²) in [6, 6.07) is 37.2. The molecule has 0 spiro atoms. The van der Waals surface area contributed by atoms with Gasteiger partial charge in [-0.2, -0.15) is 0 Å². The normalized spacial score (nSPS) is 13.6. The molecule has 0 amide bonds. The van der Waals surface area contributed by atoms with Crippen LogP contribution in [0, 0.1) is 0 Å². The summed E-state index contributed by atoms with van der Waals surface area (Å²) in [5.74, 6) is 0. The Morgan fingerprint density at radius 2 is 0.528 bits per heavy atom. The van der Waals surface area contributed by atoms with Crippen molar-refractivity contribution in [3.05, 3.63) is 97.1 Å². The number of rotatable bonds is 0. The molecule has 0 heteroatoms. The van der Waals surface area contributed by atoms with E-state index < -0.39 is 0 Å². The Hall–Kier alpha value is -4.68. The molecule has 0 saturated carbocycles. The van der Waals surface area contributed by atoms with Gasteiger partial charge < -0.3 is 0 Å². The van der Waals surface area contributed by atoms with Crippen molar-refractivity contribution in [1.29, 1.82) is 0 Å². The highest BCUT2D eigenvalue weighted by Gasteiger charge is 2.27. The van der Waals surface area contributed by atoms with Gasteiger partial charge in [-0.05, 0) is 120 Å². The van der Waals surface area contributed by atoms with Crippen molar-refractivity contribution in [2.24, 2.45) is 0 Å². The maximum absolute atomic E-state index is 2.42. The first-order valence-corrected chi connectivity index (χ1v) is 12.8. The lowest BCUT2D eigenvalue weighted by molar-refractivity contribution is 1.81. The molecular formula is C36H16. The molecule has 0 nitrogen and oxygen atoms in total. The lowest BCUT2D eigenvalue weighted by Crippen LogP contribution is -1.97. The molecule has 0 aliphatic rings. The summed E-state index contributed by atoms with van der Waals surface area (Å²) in [6.07, 6.45) is 0. The van der Waals surface area contributed by atoms with Crippen molar-refractivity contribution in [2.75, 3.05) is 0 Å². The maximum Gasteiger partial charge on any atom is -0.0000487 e. The zero-order valence-electron chi connectivity index (χ0n) is 19.2. The molecule has 0 fully saturated rings. The maximum atomic E-state index is 2.42. The number of fused-ring (bicyclic) bond motifs is 3. The fourth-order valence-corrected chi connectivity index (χ4v) is 8.18. The van der Waals surface area contributed by atoms with Crippen molar-refractivity contribution in [3.63, 3.8) is 0 Å². The monoisotopic (exact) mass is 448 g/mol. The summed E-state index contributed by atoms with van der Waals surface area (Å²) in [7, 11) is 0. The molecule has 0 aromatic heterocycles. The Labute approximate surface area is 204 Å². The van der Waals surface area contributed by atoms with Crippen LogP contribution in [0.5, 0.6) is 0 Å². The summed E-state index contributed by atoms with van der Waals surface area (Å²) in [5, 5.41) is 28.1. The van der Waals surface area contributed by atoms with E-state index in [0.717, 1.165) is 0 Å². The molecule has 36 heavy (non-hydrogen) atoms. The quantitative estimate of drug-likeness (QED) is 0.160. The van der Waals surface area contributed by atoms with Gasteiger partial charge in [-0.15, -0.1) is 0 Å². The Bertz CT molecular complexity index is 2480. The molecule has 0 N–H and O–H groups in total. The van der Waals surface area contributed by atoms with Crippen LogP contribution < -0.4 is 0 Å². The second-order valence-electron chi connectivity index (χ2n) is 10.8. The molecule has 0 aliphatic carbocycles. The second kappa shape index (κ2) is 5.12. The van der Waals surface area contributed by atoms with Crippen LogP contribution in [0.25, 0.3) is 108 Å². The van der Waals surface area contributed by atoms with Crippen molar-refractivity contribution in [2.45, 2.75) is 0 Å². The fraction of sp³-hybridized carbons (Fsp3) is 0. The minimum Gasteiger partial charge on any atom is -0.0610 e. The van der Waals surface area contributed by atoms with E-state index in [9.17, 15) is 0 Å². The van der Waals surface area contributed by atoms with Gasteiger partial charge in [0.15, 0.2) is 0 Å².